The number of fused-ring (bicyclic) bond motifs is 1. The lowest BCUT2D eigenvalue weighted by atomic mass is 9.78. The monoisotopic (exact) mass is 154 g/mol. The van der Waals surface area contributed by atoms with E-state index in [1.165, 1.54) is 32.1 Å². The van der Waals surface area contributed by atoms with Gasteiger partial charge in [-0.1, -0.05) is 12.8 Å². The van der Waals surface area contributed by atoms with E-state index in [1.54, 1.807) is 0 Å². The first-order valence-corrected chi connectivity index (χ1v) is 4.78. The van der Waals surface area contributed by atoms with Gasteiger partial charge in [0.05, 0.1) is 0 Å². The Morgan fingerprint density at radius 3 is 2.55 bits per heavy atom. The molecule has 4 unspecified atom stereocenters. The van der Waals surface area contributed by atoms with Crippen LogP contribution in [0.2, 0.25) is 0 Å². The second-order valence-corrected chi connectivity index (χ2v) is 4.25. The molecular formula is C9H18N2. The van der Waals surface area contributed by atoms with Gasteiger partial charge in [0.15, 0.2) is 0 Å². The Hall–Kier alpha value is -0.0800. The Balaban J connectivity index is 2.03. The van der Waals surface area contributed by atoms with Gasteiger partial charge in [0.1, 0.15) is 0 Å². The van der Waals surface area contributed by atoms with Gasteiger partial charge in [-0.3, -0.25) is 0 Å². The molecule has 0 amide bonds. The predicted octanol–water partition coefficient (Wildman–Crippen LogP) is 0.851. The zero-order valence-electron chi connectivity index (χ0n) is 7.00. The van der Waals surface area contributed by atoms with Gasteiger partial charge in [-0.05, 0) is 31.1 Å². The van der Waals surface area contributed by atoms with Crippen LogP contribution in [-0.4, -0.2) is 12.1 Å². The summed E-state index contributed by atoms with van der Waals surface area (Å²) in [5, 5.41) is 0. The van der Waals surface area contributed by atoms with E-state index < -0.39 is 0 Å². The van der Waals surface area contributed by atoms with Gasteiger partial charge < -0.3 is 11.5 Å². The van der Waals surface area contributed by atoms with E-state index in [9.17, 15) is 0 Å². The van der Waals surface area contributed by atoms with Gasteiger partial charge in [-0.2, -0.15) is 0 Å². The van der Waals surface area contributed by atoms with Crippen molar-refractivity contribution < 1.29 is 0 Å². The zero-order valence-corrected chi connectivity index (χ0v) is 7.00. The summed E-state index contributed by atoms with van der Waals surface area (Å²) in [7, 11) is 0. The third kappa shape index (κ3) is 1.30. The average Bonchev–Trinajstić information content (AvgIpc) is 2.31. The minimum absolute atomic E-state index is 0.453. The van der Waals surface area contributed by atoms with Crippen molar-refractivity contribution in [3.63, 3.8) is 0 Å². The Labute approximate surface area is 68.3 Å². The first-order valence-electron chi connectivity index (χ1n) is 4.78. The van der Waals surface area contributed by atoms with E-state index >= 15 is 0 Å². The summed E-state index contributed by atoms with van der Waals surface area (Å²) >= 11 is 0. The molecule has 2 nitrogen and oxygen atoms in total. The van der Waals surface area contributed by atoms with Crippen LogP contribution in [0.4, 0.5) is 0 Å². The molecule has 2 saturated carbocycles. The van der Waals surface area contributed by atoms with Gasteiger partial charge in [0.25, 0.3) is 0 Å². The summed E-state index contributed by atoms with van der Waals surface area (Å²) in [5.74, 6) is 1.63. The normalized spacial score (nSPS) is 50.7. The van der Waals surface area contributed by atoms with Gasteiger partial charge >= 0.3 is 0 Å². The molecule has 0 aromatic rings. The molecule has 4 atom stereocenters. The zero-order chi connectivity index (χ0) is 7.84. The molecule has 0 radical (unpaired) electrons. The first kappa shape index (κ1) is 7.56. The summed E-state index contributed by atoms with van der Waals surface area (Å²) in [4.78, 5) is 0. The van der Waals surface area contributed by atoms with Crippen LogP contribution in [0.5, 0.6) is 0 Å². The van der Waals surface area contributed by atoms with Crippen molar-refractivity contribution in [3.8, 4) is 0 Å². The van der Waals surface area contributed by atoms with E-state index in [-0.39, 0.29) is 0 Å². The number of nitrogens with two attached hydrogens (primary N) is 2. The predicted molar refractivity (Wildman–Crippen MR) is 46.0 cm³/mol. The lowest BCUT2D eigenvalue weighted by Gasteiger charge is -2.30. The maximum atomic E-state index is 6.03. The molecule has 2 rings (SSSR count). The fourth-order valence-corrected chi connectivity index (χ4v) is 2.89. The van der Waals surface area contributed by atoms with Gasteiger partial charge in [0, 0.05) is 12.1 Å². The summed E-state index contributed by atoms with van der Waals surface area (Å²) in [6.07, 6.45) is 6.36. The third-order valence-electron chi connectivity index (χ3n) is 3.45. The molecule has 0 saturated heterocycles. The van der Waals surface area contributed by atoms with Crippen molar-refractivity contribution in [1.82, 2.24) is 0 Å². The van der Waals surface area contributed by atoms with Crippen LogP contribution in [0.3, 0.4) is 0 Å². The van der Waals surface area contributed by atoms with Crippen molar-refractivity contribution >= 4 is 0 Å². The molecule has 0 aromatic heterocycles. The van der Waals surface area contributed by atoms with E-state index in [0.717, 1.165) is 11.8 Å². The molecular weight excluding hydrogens is 136 g/mol. The highest BCUT2D eigenvalue weighted by Crippen LogP contribution is 2.40. The average molecular weight is 154 g/mol. The summed E-state index contributed by atoms with van der Waals surface area (Å²) in [6, 6.07) is 0.913. The summed E-state index contributed by atoms with van der Waals surface area (Å²) in [6.45, 7) is 0. The molecule has 0 aliphatic heterocycles. The highest BCUT2D eigenvalue weighted by atomic mass is 14.7. The second-order valence-electron chi connectivity index (χ2n) is 4.25. The lowest BCUT2D eigenvalue weighted by Crippen LogP contribution is -2.36. The maximum Gasteiger partial charge on any atom is 0.00703 e. The lowest BCUT2D eigenvalue weighted by molar-refractivity contribution is 0.240. The Bertz CT molecular complexity index is 146. The van der Waals surface area contributed by atoms with E-state index in [0.29, 0.717) is 12.1 Å². The van der Waals surface area contributed by atoms with Crippen LogP contribution in [0.1, 0.15) is 32.1 Å². The molecule has 4 N–H and O–H groups in total. The molecule has 0 spiro atoms. The fourth-order valence-electron chi connectivity index (χ4n) is 2.89. The highest BCUT2D eigenvalue weighted by Gasteiger charge is 2.37. The smallest absolute Gasteiger partial charge is 0.00703 e. The van der Waals surface area contributed by atoms with Crippen LogP contribution in [-0.2, 0) is 0 Å². The van der Waals surface area contributed by atoms with Crippen LogP contribution >= 0.6 is 0 Å². The molecule has 2 heteroatoms. The Kier molecular flexibility index (Phi) is 1.90. The standard InChI is InChI=1S/C9H18N2/c10-7-4-6-2-1-3-9(11)8(6)5-7/h6-9H,1-5,10-11H2. The number of hydrogen-bond acceptors (Lipinski definition) is 2. The summed E-state index contributed by atoms with van der Waals surface area (Å²) in [5.41, 5.74) is 11.9. The minimum atomic E-state index is 0.453. The fraction of sp³-hybridized carbons (Fsp3) is 1.00. The highest BCUT2D eigenvalue weighted by molar-refractivity contribution is 4.93. The molecule has 64 valence electrons. The molecule has 2 fully saturated rings. The number of hydrogen-bond donors (Lipinski definition) is 2. The topological polar surface area (TPSA) is 52.0 Å². The van der Waals surface area contributed by atoms with Crippen molar-refractivity contribution in [3.05, 3.63) is 0 Å². The maximum absolute atomic E-state index is 6.03. The number of rotatable bonds is 0. The van der Waals surface area contributed by atoms with Crippen molar-refractivity contribution in [2.75, 3.05) is 0 Å². The van der Waals surface area contributed by atoms with E-state index in [4.69, 9.17) is 11.5 Å². The minimum Gasteiger partial charge on any atom is -0.328 e. The quantitative estimate of drug-likeness (QED) is 0.543. The molecule has 0 aromatic carbocycles. The summed E-state index contributed by atoms with van der Waals surface area (Å²) < 4.78 is 0. The van der Waals surface area contributed by atoms with Crippen molar-refractivity contribution in [2.24, 2.45) is 23.3 Å². The van der Waals surface area contributed by atoms with Crippen LogP contribution in [0.25, 0.3) is 0 Å². The molecule has 0 bridgehead atoms. The van der Waals surface area contributed by atoms with E-state index in [2.05, 4.69) is 0 Å². The van der Waals surface area contributed by atoms with Crippen molar-refractivity contribution in [2.45, 2.75) is 44.2 Å². The largest absolute Gasteiger partial charge is 0.328 e. The molecule has 2 aliphatic carbocycles. The second kappa shape index (κ2) is 2.76. The molecule has 0 heterocycles. The SMILES string of the molecule is NC1CC2CCCC(N)C2C1. The molecule has 2 aliphatic rings. The molecule has 11 heavy (non-hydrogen) atoms. The van der Waals surface area contributed by atoms with Crippen LogP contribution in [0.15, 0.2) is 0 Å². The van der Waals surface area contributed by atoms with Crippen molar-refractivity contribution in [1.29, 1.82) is 0 Å². The van der Waals surface area contributed by atoms with Crippen LogP contribution in [0, 0.1) is 11.8 Å². The third-order valence-corrected chi connectivity index (χ3v) is 3.45. The van der Waals surface area contributed by atoms with Crippen LogP contribution < -0.4 is 11.5 Å². The van der Waals surface area contributed by atoms with Gasteiger partial charge in [-0.15, -0.1) is 0 Å². The van der Waals surface area contributed by atoms with Gasteiger partial charge in [-0.25, -0.2) is 0 Å². The Morgan fingerprint density at radius 1 is 1.00 bits per heavy atom. The Morgan fingerprint density at radius 2 is 1.82 bits per heavy atom. The first-order chi connectivity index (χ1) is 5.27. The van der Waals surface area contributed by atoms with Gasteiger partial charge in [0.2, 0.25) is 0 Å². The van der Waals surface area contributed by atoms with E-state index in [1.807, 2.05) is 0 Å².